The first-order valence-electron chi connectivity index (χ1n) is 6.75. The van der Waals surface area contributed by atoms with Gasteiger partial charge in [-0.1, -0.05) is 18.5 Å². The third-order valence-electron chi connectivity index (χ3n) is 3.80. The standard InChI is InChI=1S/C12H18N6O/c1-2-3-12(4-6-13-7-5-12)11-16-10(18-19-11)9-14-8-15-17-9/h8,13H,2-7H2,1H3,(H,14,15,17). The Morgan fingerprint density at radius 2 is 2.21 bits per heavy atom. The first kappa shape index (κ1) is 12.3. The molecule has 0 saturated carbocycles. The van der Waals surface area contributed by atoms with E-state index in [2.05, 4.69) is 37.6 Å². The van der Waals surface area contributed by atoms with Crippen LogP contribution in [0.25, 0.3) is 11.6 Å². The molecule has 0 unspecified atom stereocenters. The van der Waals surface area contributed by atoms with E-state index in [0.29, 0.717) is 11.6 Å². The number of nitrogens with one attached hydrogen (secondary N) is 2. The van der Waals surface area contributed by atoms with Crippen LogP contribution in [0.1, 0.15) is 38.5 Å². The number of H-pyrrole nitrogens is 1. The largest absolute Gasteiger partial charge is 0.338 e. The molecular formula is C12H18N6O. The molecule has 0 aliphatic carbocycles. The van der Waals surface area contributed by atoms with Crippen LogP contribution in [0, 0.1) is 0 Å². The van der Waals surface area contributed by atoms with E-state index < -0.39 is 0 Å². The fourth-order valence-electron chi connectivity index (χ4n) is 2.80. The smallest absolute Gasteiger partial charge is 0.239 e. The maximum atomic E-state index is 5.51. The van der Waals surface area contributed by atoms with Crippen molar-refractivity contribution in [1.29, 1.82) is 0 Å². The number of aromatic amines is 1. The number of piperidine rings is 1. The van der Waals surface area contributed by atoms with E-state index in [1.54, 1.807) is 0 Å². The molecule has 1 fully saturated rings. The summed E-state index contributed by atoms with van der Waals surface area (Å²) in [6.07, 6.45) is 5.71. The molecule has 2 N–H and O–H groups in total. The molecular weight excluding hydrogens is 244 g/mol. The van der Waals surface area contributed by atoms with Crippen molar-refractivity contribution in [3.63, 3.8) is 0 Å². The number of hydrogen-bond donors (Lipinski definition) is 2. The van der Waals surface area contributed by atoms with Gasteiger partial charge in [0.2, 0.25) is 11.7 Å². The summed E-state index contributed by atoms with van der Waals surface area (Å²) in [5.41, 5.74) is 0.0191. The maximum Gasteiger partial charge on any atom is 0.239 e. The first-order valence-corrected chi connectivity index (χ1v) is 6.75. The van der Waals surface area contributed by atoms with Gasteiger partial charge in [-0.05, 0) is 32.4 Å². The Balaban J connectivity index is 1.90. The molecule has 0 spiro atoms. The van der Waals surface area contributed by atoms with Gasteiger partial charge in [0.15, 0.2) is 5.82 Å². The lowest BCUT2D eigenvalue weighted by molar-refractivity contribution is 0.208. The van der Waals surface area contributed by atoms with Gasteiger partial charge in [-0.15, -0.1) is 0 Å². The van der Waals surface area contributed by atoms with Gasteiger partial charge in [0.05, 0.1) is 5.41 Å². The second-order valence-corrected chi connectivity index (χ2v) is 5.04. The van der Waals surface area contributed by atoms with E-state index in [-0.39, 0.29) is 5.41 Å². The Morgan fingerprint density at radius 1 is 1.37 bits per heavy atom. The Kier molecular flexibility index (Phi) is 3.29. The van der Waals surface area contributed by atoms with Gasteiger partial charge in [-0.3, -0.25) is 5.10 Å². The Hall–Kier alpha value is -1.76. The first-order chi connectivity index (χ1) is 9.34. The Labute approximate surface area is 111 Å². The van der Waals surface area contributed by atoms with Crippen molar-refractivity contribution < 1.29 is 4.52 Å². The number of nitrogens with zero attached hydrogens (tertiary/aromatic N) is 4. The highest BCUT2D eigenvalue weighted by molar-refractivity contribution is 5.40. The number of rotatable bonds is 4. The summed E-state index contributed by atoms with van der Waals surface area (Å²) >= 11 is 0. The van der Waals surface area contributed by atoms with Gasteiger partial charge >= 0.3 is 0 Å². The zero-order chi connectivity index (χ0) is 13.1. The second kappa shape index (κ2) is 5.08. The highest BCUT2D eigenvalue weighted by atomic mass is 16.5. The molecule has 1 aliphatic heterocycles. The van der Waals surface area contributed by atoms with E-state index in [0.717, 1.165) is 44.7 Å². The summed E-state index contributed by atoms with van der Waals surface area (Å²) in [4.78, 5) is 8.58. The molecule has 2 aromatic heterocycles. The highest BCUT2D eigenvalue weighted by Crippen LogP contribution is 2.37. The molecule has 0 atom stereocenters. The van der Waals surface area contributed by atoms with Crippen molar-refractivity contribution in [1.82, 2.24) is 30.6 Å². The summed E-state index contributed by atoms with van der Waals surface area (Å²) in [5, 5.41) is 14.0. The van der Waals surface area contributed by atoms with E-state index in [1.807, 2.05) is 0 Å². The van der Waals surface area contributed by atoms with Gasteiger partial charge in [-0.25, -0.2) is 4.98 Å². The SMILES string of the molecule is CCCC1(c2nc(-c3ncn[nH]3)no2)CCNCC1. The van der Waals surface area contributed by atoms with Gasteiger partial charge in [-0.2, -0.15) is 10.1 Å². The van der Waals surface area contributed by atoms with Crippen molar-refractivity contribution in [3.8, 4) is 11.6 Å². The van der Waals surface area contributed by atoms with Crippen LogP contribution in [0.15, 0.2) is 10.9 Å². The fraction of sp³-hybridized carbons (Fsp3) is 0.667. The molecule has 0 bridgehead atoms. The molecule has 3 heterocycles. The minimum Gasteiger partial charge on any atom is -0.338 e. The molecule has 19 heavy (non-hydrogen) atoms. The van der Waals surface area contributed by atoms with Crippen LogP contribution in [0.3, 0.4) is 0 Å². The summed E-state index contributed by atoms with van der Waals surface area (Å²) in [6, 6.07) is 0. The lowest BCUT2D eigenvalue weighted by Crippen LogP contribution is -2.40. The predicted molar refractivity (Wildman–Crippen MR) is 68.4 cm³/mol. The third-order valence-corrected chi connectivity index (χ3v) is 3.80. The average Bonchev–Trinajstić information content (AvgIpc) is 3.11. The summed E-state index contributed by atoms with van der Waals surface area (Å²) in [7, 11) is 0. The molecule has 0 radical (unpaired) electrons. The monoisotopic (exact) mass is 262 g/mol. The molecule has 102 valence electrons. The van der Waals surface area contributed by atoms with Gasteiger partial charge < -0.3 is 9.84 Å². The van der Waals surface area contributed by atoms with Crippen LogP contribution in [0.2, 0.25) is 0 Å². The van der Waals surface area contributed by atoms with Crippen molar-refractivity contribution in [2.75, 3.05) is 13.1 Å². The molecule has 0 amide bonds. The summed E-state index contributed by atoms with van der Waals surface area (Å²) in [5.74, 6) is 1.78. The van der Waals surface area contributed by atoms with Gasteiger partial charge in [0, 0.05) is 0 Å². The van der Waals surface area contributed by atoms with Crippen molar-refractivity contribution in [2.24, 2.45) is 0 Å². The Morgan fingerprint density at radius 3 is 2.89 bits per heavy atom. The van der Waals surface area contributed by atoms with Crippen LogP contribution in [0.4, 0.5) is 0 Å². The van der Waals surface area contributed by atoms with E-state index in [9.17, 15) is 0 Å². The van der Waals surface area contributed by atoms with Crippen LogP contribution in [0.5, 0.6) is 0 Å². The van der Waals surface area contributed by atoms with Gasteiger partial charge in [0.1, 0.15) is 6.33 Å². The highest BCUT2D eigenvalue weighted by Gasteiger charge is 2.38. The predicted octanol–water partition coefficient (Wildman–Crippen LogP) is 1.28. The lowest BCUT2D eigenvalue weighted by Gasteiger charge is -2.34. The van der Waals surface area contributed by atoms with Crippen LogP contribution < -0.4 is 5.32 Å². The molecule has 3 rings (SSSR count). The van der Waals surface area contributed by atoms with Crippen LogP contribution in [-0.2, 0) is 5.41 Å². The van der Waals surface area contributed by atoms with Crippen molar-refractivity contribution >= 4 is 0 Å². The quantitative estimate of drug-likeness (QED) is 0.862. The average molecular weight is 262 g/mol. The lowest BCUT2D eigenvalue weighted by atomic mass is 9.75. The van der Waals surface area contributed by atoms with Crippen molar-refractivity contribution in [2.45, 2.75) is 38.0 Å². The normalized spacial score (nSPS) is 18.6. The number of aromatic nitrogens is 5. The van der Waals surface area contributed by atoms with E-state index >= 15 is 0 Å². The molecule has 1 aliphatic rings. The minimum absolute atomic E-state index is 0.0191. The summed E-state index contributed by atoms with van der Waals surface area (Å²) in [6.45, 7) is 4.19. The van der Waals surface area contributed by atoms with Crippen LogP contribution in [-0.4, -0.2) is 38.4 Å². The Bertz CT molecular complexity index is 509. The molecule has 2 aromatic rings. The molecule has 1 saturated heterocycles. The third kappa shape index (κ3) is 2.25. The van der Waals surface area contributed by atoms with Crippen LogP contribution >= 0.6 is 0 Å². The second-order valence-electron chi connectivity index (χ2n) is 5.04. The zero-order valence-electron chi connectivity index (χ0n) is 11.0. The van der Waals surface area contributed by atoms with E-state index in [1.165, 1.54) is 6.33 Å². The molecule has 0 aromatic carbocycles. The minimum atomic E-state index is 0.0191. The fourth-order valence-corrected chi connectivity index (χ4v) is 2.80. The summed E-state index contributed by atoms with van der Waals surface area (Å²) < 4.78 is 5.51. The van der Waals surface area contributed by atoms with Crippen molar-refractivity contribution in [3.05, 3.63) is 12.2 Å². The topological polar surface area (TPSA) is 92.5 Å². The van der Waals surface area contributed by atoms with E-state index in [4.69, 9.17) is 4.52 Å². The maximum absolute atomic E-state index is 5.51. The van der Waals surface area contributed by atoms with Gasteiger partial charge in [0.25, 0.3) is 0 Å². The zero-order valence-corrected chi connectivity index (χ0v) is 11.0. The molecule has 7 heteroatoms. The molecule has 7 nitrogen and oxygen atoms in total. The number of hydrogen-bond acceptors (Lipinski definition) is 6.